The Hall–Kier alpha value is -1.17. The summed E-state index contributed by atoms with van der Waals surface area (Å²) in [5.41, 5.74) is 0.869. The van der Waals surface area contributed by atoms with E-state index in [4.69, 9.17) is 4.18 Å². The lowest BCUT2D eigenvalue weighted by atomic mass is 10.1. The van der Waals surface area contributed by atoms with Crippen molar-refractivity contribution in [3.05, 3.63) is 29.8 Å². The van der Waals surface area contributed by atoms with Gasteiger partial charge in [0.2, 0.25) is 10.0 Å². The summed E-state index contributed by atoms with van der Waals surface area (Å²) in [5.74, 6) is 0.199. The maximum Gasteiger partial charge on any atom is 0.306 e. The molecule has 23 heavy (non-hydrogen) atoms. The van der Waals surface area contributed by atoms with E-state index in [1.807, 2.05) is 0 Å². The van der Waals surface area contributed by atoms with Crippen LogP contribution in [0.15, 0.2) is 24.3 Å². The number of aryl methyl sites for hydroxylation is 1. The molecule has 0 aliphatic heterocycles. The van der Waals surface area contributed by atoms with E-state index in [1.165, 1.54) is 12.1 Å². The fourth-order valence-corrected chi connectivity index (χ4v) is 5.23. The Kier molecular flexibility index (Phi) is 6.57. The van der Waals surface area contributed by atoms with Gasteiger partial charge < -0.3 is 4.18 Å². The van der Waals surface area contributed by atoms with E-state index < -0.39 is 35.1 Å². The first-order chi connectivity index (χ1) is 10.4. The first kappa shape index (κ1) is 19.9. The fourth-order valence-electron chi connectivity index (χ4n) is 1.73. The maximum atomic E-state index is 11.5. The quantitative estimate of drug-likeness (QED) is 0.464. The molecule has 0 radical (unpaired) electrons. The monoisotopic (exact) mass is 385 g/mol. The Morgan fingerprint density at radius 1 is 0.957 bits per heavy atom. The molecule has 0 amide bonds. The molecule has 0 atom stereocenters. The molecule has 0 spiro atoms. The molecule has 0 aliphatic rings. The average Bonchev–Trinajstić information content (AvgIpc) is 2.32. The summed E-state index contributed by atoms with van der Waals surface area (Å²) in [6.07, 6.45) is 2.81. The van der Waals surface area contributed by atoms with E-state index in [0.717, 1.165) is 18.1 Å². The molecule has 8 nitrogen and oxygen atoms in total. The van der Waals surface area contributed by atoms with E-state index in [9.17, 15) is 25.3 Å². The average molecular weight is 385 g/mol. The van der Waals surface area contributed by atoms with Crippen LogP contribution in [-0.2, 0) is 36.4 Å². The first-order valence-corrected chi connectivity index (χ1v) is 12.0. The molecule has 0 saturated heterocycles. The Morgan fingerprint density at radius 3 is 2.00 bits per heavy atom. The Labute approximate surface area is 137 Å². The maximum absolute atomic E-state index is 11.5. The topological polar surface area (TPSA) is 124 Å². The molecule has 1 aromatic rings. The van der Waals surface area contributed by atoms with Crippen LogP contribution in [0.25, 0.3) is 0 Å². The summed E-state index contributed by atoms with van der Waals surface area (Å²) >= 11 is 0. The SMILES string of the molecule is CS(=O)(=O)CS(=O)(=O)NCCCc1ccc(OS(C)(=O)=O)cc1. The molecule has 0 saturated carbocycles. The highest BCUT2D eigenvalue weighted by Crippen LogP contribution is 2.14. The van der Waals surface area contributed by atoms with Gasteiger partial charge in [-0.05, 0) is 30.5 Å². The second-order valence-electron chi connectivity index (χ2n) is 5.09. The first-order valence-electron chi connectivity index (χ1n) is 6.50. The smallest absolute Gasteiger partial charge is 0.306 e. The van der Waals surface area contributed by atoms with Crippen LogP contribution in [0.2, 0.25) is 0 Å². The molecule has 11 heteroatoms. The third-order valence-corrected chi connectivity index (χ3v) is 6.60. The molecule has 0 bridgehead atoms. The molecule has 1 aromatic carbocycles. The minimum Gasteiger partial charge on any atom is -0.383 e. The highest BCUT2D eigenvalue weighted by atomic mass is 32.3. The van der Waals surface area contributed by atoms with E-state index in [2.05, 4.69) is 4.72 Å². The molecule has 1 N–H and O–H groups in total. The minimum atomic E-state index is -3.85. The third-order valence-electron chi connectivity index (χ3n) is 2.50. The van der Waals surface area contributed by atoms with Crippen molar-refractivity contribution in [2.45, 2.75) is 12.8 Å². The molecule has 0 fully saturated rings. The van der Waals surface area contributed by atoms with Gasteiger partial charge in [0.15, 0.2) is 14.9 Å². The van der Waals surface area contributed by atoms with Gasteiger partial charge in [-0.15, -0.1) is 0 Å². The molecule has 0 aliphatic carbocycles. The zero-order chi connectivity index (χ0) is 17.7. The van der Waals surface area contributed by atoms with Gasteiger partial charge in [-0.2, -0.15) is 8.42 Å². The normalized spacial score (nSPS) is 13.0. The van der Waals surface area contributed by atoms with Crippen LogP contribution >= 0.6 is 0 Å². The van der Waals surface area contributed by atoms with Crippen LogP contribution in [0.3, 0.4) is 0 Å². The second kappa shape index (κ2) is 7.60. The van der Waals surface area contributed by atoms with Gasteiger partial charge >= 0.3 is 10.1 Å². The standard InChI is InChI=1S/C12H19NO7S3/c1-21(14,15)10-23(18,19)13-9-3-4-11-5-7-12(8-6-11)20-22(2,16)17/h5-8,13H,3-4,9-10H2,1-2H3. The summed E-state index contributed by atoms with van der Waals surface area (Å²) in [6.45, 7) is 0.111. The van der Waals surface area contributed by atoms with Crippen molar-refractivity contribution < 1.29 is 29.4 Å². The largest absolute Gasteiger partial charge is 0.383 e. The Balaban J connectivity index is 2.45. The predicted octanol–water partition coefficient (Wildman–Crippen LogP) is -0.121. The molecule has 0 aromatic heterocycles. The Morgan fingerprint density at radius 2 is 1.52 bits per heavy atom. The number of hydrogen-bond donors (Lipinski definition) is 1. The van der Waals surface area contributed by atoms with Crippen molar-refractivity contribution >= 4 is 30.0 Å². The summed E-state index contributed by atoms with van der Waals surface area (Å²) in [5, 5.41) is -0.933. The minimum absolute atomic E-state index is 0.111. The molecular weight excluding hydrogens is 366 g/mol. The van der Waals surface area contributed by atoms with Crippen molar-refractivity contribution in [3.8, 4) is 5.75 Å². The summed E-state index contributed by atoms with van der Waals surface area (Å²) in [6, 6.07) is 6.35. The van der Waals surface area contributed by atoms with E-state index in [0.29, 0.717) is 12.8 Å². The van der Waals surface area contributed by atoms with Crippen molar-refractivity contribution in [3.63, 3.8) is 0 Å². The summed E-state index contributed by atoms with van der Waals surface area (Å²) < 4.78 is 73.7. The molecule has 132 valence electrons. The highest BCUT2D eigenvalue weighted by Gasteiger charge is 2.17. The Bertz CT molecular complexity index is 825. The van der Waals surface area contributed by atoms with Crippen LogP contribution < -0.4 is 8.91 Å². The molecular formula is C12H19NO7S3. The molecule has 1 rings (SSSR count). The zero-order valence-electron chi connectivity index (χ0n) is 12.7. The van der Waals surface area contributed by atoms with E-state index in [-0.39, 0.29) is 12.3 Å². The van der Waals surface area contributed by atoms with Gasteiger partial charge in [0.1, 0.15) is 5.75 Å². The number of benzene rings is 1. The van der Waals surface area contributed by atoms with Gasteiger partial charge in [-0.3, -0.25) is 0 Å². The van der Waals surface area contributed by atoms with Gasteiger partial charge in [0.25, 0.3) is 0 Å². The van der Waals surface area contributed by atoms with Crippen LogP contribution in [0.4, 0.5) is 0 Å². The summed E-state index contributed by atoms with van der Waals surface area (Å²) in [7, 11) is -11.0. The lowest BCUT2D eigenvalue weighted by molar-refractivity contribution is 0.493. The van der Waals surface area contributed by atoms with Gasteiger partial charge in [0, 0.05) is 12.8 Å². The van der Waals surface area contributed by atoms with Crippen molar-refractivity contribution in [2.24, 2.45) is 0 Å². The third kappa shape index (κ3) is 9.54. The van der Waals surface area contributed by atoms with Crippen LogP contribution in [0, 0.1) is 0 Å². The number of hydrogen-bond acceptors (Lipinski definition) is 7. The number of rotatable bonds is 9. The fraction of sp³-hybridized carbons (Fsp3) is 0.500. The van der Waals surface area contributed by atoms with Gasteiger partial charge in [0.05, 0.1) is 6.26 Å². The van der Waals surface area contributed by atoms with Crippen molar-refractivity contribution in [2.75, 3.05) is 24.1 Å². The predicted molar refractivity (Wildman–Crippen MR) is 86.9 cm³/mol. The second-order valence-corrected chi connectivity index (χ2v) is 11.0. The lowest BCUT2D eigenvalue weighted by Gasteiger charge is -2.07. The van der Waals surface area contributed by atoms with E-state index >= 15 is 0 Å². The summed E-state index contributed by atoms with van der Waals surface area (Å²) in [4.78, 5) is 0. The van der Waals surface area contributed by atoms with Gasteiger partial charge in [-0.25, -0.2) is 21.6 Å². The lowest BCUT2D eigenvalue weighted by Crippen LogP contribution is -2.30. The molecule has 0 unspecified atom stereocenters. The van der Waals surface area contributed by atoms with Crippen LogP contribution in [0.5, 0.6) is 5.75 Å². The number of nitrogens with one attached hydrogen (secondary N) is 1. The van der Waals surface area contributed by atoms with Crippen LogP contribution in [-0.4, -0.2) is 49.4 Å². The van der Waals surface area contributed by atoms with Crippen molar-refractivity contribution in [1.29, 1.82) is 0 Å². The van der Waals surface area contributed by atoms with E-state index in [1.54, 1.807) is 12.1 Å². The number of sulfone groups is 1. The van der Waals surface area contributed by atoms with Crippen molar-refractivity contribution in [1.82, 2.24) is 4.72 Å². The highest BCUT2D eigenvalue weighted by molar-refractivity contribution is 8.06. The number of sulfonamides is 1. The zero-order valence-corrected chi connectivity index (χ0v) is 15.2. The van der Waals surface area contributed by atoms with Crippen LogP contribution in [0.1, 0.15) is 12.0 Å². The molecule has 0 heterocycles. The van der Waals surface area contributed by atoms with Gasteiger partial charge in [-0.1, -0.05) is 12.1 Å².